The van der Waals surface area contributed by atoms with E-state index in [0.29, 0.717) is 36.2 Å². The molecular weight excluding hydrogens is 404 g/mol. The number of rotatable bonds is 6. The molecule has 2 aromatic carbocycles. The molecule has 0 radical (unpaired) electrons. The average molecular weight is 429 g/mol. The van der Waals surface area contributed by atoms with Gasteiger partial charge in [0, 0.05) is 5.69 Å². The van der Waals surface area contributed by atoms with E-state index in [1.54, 1.807) is 18.2 Å². The molecule has 2 saturated heterocycles. The van der Waals surface area contributed by atoms with Crippen LogP contribution in [0.3, 0.4) is 0 Å². The first-order chi connectivity index (χ1) is 14.6. The molecule has 0 amide bonds. The molecule has 2 aromatic rings. The number of fused-ring (bicyclic) bond motifs is 1. The summed E-state index contributed by atoms with van der Waals surface area (Å²) in [6, 6.07) is 16.9. The molecule has 0 spiro atoms. The smallest absolute Gasteiger partial charge is 0.337 e. The fourth-order valence-corrected chi connectivity index (χ4v) is 3.95. The van der Waals surface area contributed by atoms with E-state index in [2.05, 4.69) is 10.6 Å². The first-order valence-electron chi connectivity index (χ1n) is 9.78. The number of nitrogens with one attached hydrogen (secondary N) is 2. The third-order valence-corrected chi connectivity index (χ3v) is 5.39. The minimum absolute atomic E-state index is 0.0795. The van der Waals surface area contributed by atoms with Crippen LogP contribution in [-0.4, -0.2) is 55.8 Å². The molecule has 4 atom stereocenters. The molecule has 2 fully saturated rings. The summed E-state index contributed by atoms with van der Waals surface area (Å²) in [4.78, 5) is 11.7. The highest BCUT2D eigenvalue weighted by Gasteiger charge is 2.48. The third-order valence-electron chi connectivity index (χ3n) is 5.17. The van der Waals surface area contributed by atoms with Crippen LogP contribution in [0.2, 0.25) is 0 Å². The molecule has 0 saturated carbocycles. The van der Waals surface area contributed by atoms with Crippen LogP contribution in [0.1, 0.15) is 15.9 Å². The Labute approximate surface area is 180 Å². The fraction of sp³-hybridized carbons (Fsp3) is 0.364. The van der Waals surface area contributed by atoms with Gasteiger partial charge in [0.1, 0.15) is 18.3 Å². The number of hydrogen-bond acceptors (Lipinski definition) is 6. The van der Waals surface area contributed by atoms with Crippen LogP contribution in [0.5, 0.6) is 0 Å². The number of methoxy groups -OCH3 is 1. The normalized spacial score (nSPS) is 24.8. The molecular formula is C22H24N2O5S. The second kappa shape index (κ2) is 9.53. The lowest BCUT2D eigenvalue weighted by atomic mass is 10.1. The lowest BCUT2D eigenvalue weighted by Gasteiger charge is -2.20. The van der Waals surface area contributed by atoms with Gasteiger partial charge in [-0.3, -0.25) is 0 Å². The summed E-state index contributed by atoms with van der Waals surface area (Å²) < 4.78 is 22.7. The van der Waals surface area contributed by atoms with E-state index in [1.165, 1.54) is 7.11 Å². The van der Waals surface area contributed by atoms with E-state index in [1.807, 2.05) is 36.4 Å². The predicted molar refractivity (Wildman–Crippen MR) is 115 cm³/mol. The van der Waals surface area contributed by atoms with Gasteiger partial charge in [-0.2, -0.15) is 0 Å². The summed E-state index contributed by atoms with van der Waals surface area (Å²) in [5.74, 6) is -0.398. The Kier molecular flexibility index (Phi) is 6.59. The van der Waals surface area contributed by atoms with Crippen molar-refractivity contribution in [3.63, 3.8) is 0 Å². The Balaban J connectivity index is 1.29. The quantitative estimate of drug-likeness (QED) is 0.537. The van der Waals surface area contributed by atoms with Crippen molar-refractivity contribution in [2.75, 3.05) is 25.6 Å². The molecule has 2 heterocycles. The van der Waals surface area contributed by atoms with Crippen LogP contribution in [0.25, 0.3) is 0 Å². The molecule has 0 aliphatic carbocycles. The second-order valence-electron chi connectivity index (χ2n) is 7.21. The number of carbonyl (C=O) groups excluding carboxylic acids is 1. The minimum atomic E-state index is -0.398. The van der Waals surface area contributed by atoms with Crippen LogP contribution in [0.15, 0.2) is 54.6 Å². The summed E-state index contributed by atoms with van der Waals surface area (Å²) in [5.41, 5.74) is 2.27. The van der Waals surface area contributed by atoms with Gasteiger partial charge in [-0.25, -0.2) is 4.79 Å². The number of thiocarbonyl (C=S) groups is 1. The average Bonchev–Trinajstić information content (AvgIpc) is 3.35. The van der Waals surface area contributed by atoms with Crippen LogP contribution >= 0.6 is 12.2 Å². The highest BCUT2D eigenvalue weighted by molar-refractivity contribution is 7.80. The van der Waals surface area contributed by atoms with E-state index in [4.69, 9.17) is 31.2 Å². The summed E-state index contributed by atoms with van der Waals surface area (Å²) >= 11 is 5.43. The van der Waals surface area contributed by atoms with E-state index in [9.17, 15) is 4.79 Å². The van der Waals surface area contributed by atoms with Gasteiger partial charge in [0.05, 0.1) is 38.5 Å². The maximum atomic E-state index is 11.7. The molecule has 2 aliphatic rings. The predicted octanol–water partition coefficient (Wildman–Crippen LogP) is 2.51. The van der Waals surface area contributed by atoms with Crippen LogP contribution in [0, 0.1) is 0 Å². The zero-order valence-corrected chi connectivity index (χ0v) is 17.4. The van der Waals surface area contributed by atoms with Gasteiger partial charge in [-0.1, -0.05) is 36.4 Å². The van der Waals surface area contributed by atoms with Crippen LogP contribution < -0.4 is 10.6 Å². The number of carbonyl (C=O) groups is 1. The van der Waals surface area contributed by atoms with E-state index >= 15 is 0 Å². The highest BCUT2D eigenvalue weighted by Crippen LogP contribution is 2.29. The van der Waals surface area contributed by atoms with Gasteiger partial charge in [-0.15, -0.1) is 0 Å². The van der Waals surface area contributed by atoms with Crippen molar-refractivity contribution in [3.8, 4) is 0 Å². The van der Waals surface area contributed by atoms with Crippen molar-refractivity contribution in [2.24, 2.45) is 0 Å². The fourth-order valence-electron chi connectivity index (χ4n) is 3.69. The summed E-state index contributed by atoms with van der Waals surface area (Å²) in [6.45, 7) is 1.49. The number of esters is 1. The van der Waals surface area contributed by atoms with Crippen molar-refractivity contribution >= 4 is 29.0 Å². The van der Waals surface area contributed by atoms with Crippen molar-refractivity contribution in [1.29, 1.82) is 0 Å². The molecule has 0 unspecified atom stereocenters. The summed E-state index contributed by atoms with van der Waals surface area (Å²) in [6.07, 6.45) is -0.371. The number of benzene rings is 2. The molecule has 30 heavy (non-hydrogen) atoms. The van der Waals surface area contributed by atoms with Gasteiger partial charge in [0.15, 0.2) is 5.11 Å². The largest absolute Gasteiger partial charge is 0.465 e. The SMILES string of the molecule is COC(=O)c1cccc(NC(=S)N[C@H]2CO[C@H]3[C@@H]2OC[C@H]3OCc2ccccc2)c1. The Bertz CT molecular complexity index is 894. The van der Waals surface area contributed by atoms with E-state index < -0.39 is 5.97 Å². The summed E-state index contributed by atoms with van der Waals surface area (Å²) in [7, 11) is 1.35. The zero-order chi connectivity index (χ0) is 20.9. The molecule has 0 bridgehead atoms. The van der Waals surface area contributed by atoms with E-state index in [-0.39, 0.29) is 24.4 Å². The van der Waals surface area contributed by atoms with Crippen molar-refractivity contribution in [1.82, 2.24) is 5.32 Å². The maximum absolute atomic E-state index is 11.7. The lowest BCUT2D eigenvalue weighted by Crippen LogP contribution is -2.46. The third kappa shape index (κ3) is 4.79. The van der Waals surface area contributed by atoms with E-state index in [0.717, 1.165) is 5.56 Å². The Morgan fingerprint density at radius 2 is 1.90 bits per heavy atom. The van der Waals surface area contributed by atoms with Crippen molar-refractivity contribution in [2.45, 2.75) is 31.0 Å². The second-order valence-corrected chi connectivity index (χ2v) is 7.62. The highest BCUT2D eigenvalue weighted by atomic mass is 32.1. The van der Waals surface area contributed by atoms with Gasteiger partial charge in [-0.05, 0) is 36.0 Å². The van der Waals surface area contributed by atoms with Gasteiger partial charge in [0.2, 0.25) is 0 Å². The molecule has 2 N–H and O–H groups in total. The van der Waals surface area contributed by atoms with Crippen LogP contribution in [0.4, 0.5) is 5.69 Å². The molecule has 158 valence electrons. The lowest BCUT2D eigenvalue weighted by molar-refractivity contribution is -0.0391. The van der Waals surface area contributed by atoms with Crippen molar-refractivity contribution in [3.05, 3.63) is 65.7 Å². The number of anilines is 1. The molecule has 0 aromatic heterocycles. The zero-order valence-electron chi connectivity index (χ0n) is 16.6. The number of ether oxygens (including phenoxy) is 4. The molecule has 2 aliphatic heterocycles. The Morgan fingerprint density at radius 3 is 2.70 bits per heavy atom. The van der Waals surface area contributed by atoms with Crippen molar-refractivity contribution < 1.29 is 23.7 Å². The van der Waals surface area contributed by atoms with Gasteiger partial charge in [0.25, 0.3) is 0 Å². The molecule has 4 rings (SSSR count). The van der Waals surface area contributed by atoms with Gasteiger partial charge >= 0.3 is 5.97 Å². The monoisotopic (exact) mass is 428 g/mol. The molecule has 7 nitrogen and oxygen atoms in total. The first kappa shape index (κ1) is 20.7. The Morgan fingerprint density at radius 1 is 1.10 bits per heavy atom. The van der Waals surface area contributed by atoms with Gasteiger partial charge < -0.3 is 29.6 Å². The minimum Gasteiger partial charge on any atom is -0.465 e. The Hall–Kier alpha value is -2.52. The first-order valence-corrected chi connectivity index (χ1v) is 10.2. The number of hydrogen-bond donors (Lipinski definition) is 2. The maximum Gasteiger partial charge on any atom is 0.337 e. The molecule has 8 heteroatoms. The topological polar surface area (TPSA) is 78.1 Å². The summed E-state index contributed by atoms with van der Waals surface area (Å²) in [5, 5.41) is 6.78. The standard InChI is InChI=1S/C22H24N2O5S/c1-26-21(25)15-8-5-9-16(10-15)23-22(30)24-17-12-28-20-18(13-29-19(17)20)27-11-14-6-3-2-4-7-14/h2-10,17-20H,11-13H2,1H3,(H2,23,24,30)/t17-,18+,19+,20+/m0/s1. The van der Waals surface area contributed by atoms with Crippen LogP contribution in [-0.2, 0) is 25.6 Å².